The molecule has 148 valence electrons. The normalized spacial score (nSPS) is 16.2. The maximum absolute atomic E-state index is 13.1. The fourth-order valence-corrected chi connectivity index (χ4v) is 3.18. The first kappa shape index (κ1) is 20.6. The van der Waals surface area contributed by atoms with Crippen molar-refractivity contribution in [3.63, 3.8) is 0 Å². The average molecular weight is 397 g/mol. The van der Waals surface area contributed by atoms with E-state index in [9.17, 15) is 9.59 Å². The molecule has 1 aliphatic rings. The van der Waals surface area contributed by atoms with Gasteiger partial charge in [0.1, 0.15) is 0 Å². The Bertz CT molecular complexity index is 1050. The summed E-state index contributed by atoms with van der Waals surface area (Å²) in [7, 11) is 0. The molecule has 2 aromatic carbocycles. The Morgan fingerprint density at radius 2 is 1.50 bits per heavy atom. The Balaban J connectivity index is 2.01. The number of nitriles is 2. The number of ether oxygens (including phenoxy) is 1. The molecule has 1 aliphatic heterocycles. The van der Waals surface area contributed by atoms with Crippen LogP contribution in [0.4, 0.5) is 4.79 Å². The molecular weight excluding hydrogens is 378 g/mol. The second-order valence-corrected chi connectivity index (χ2v) is 6.70. The van der Waals surface area contributed by atoms with Crippen LogP contribution in [0.5, 0.6) is 0 Å². The Kier molecular flexibility index (Phi) is 6.42. The third-order valence-corrected chi connectivity index (χ3v) is 4.54. The molecule has 6 heteroatoms. The Morgan fingerprint density at radius 3 is 1.93 bits per heavy atom. The predicted octanol–water partition coefficient (Wildman–Crippen LogP) is 3.94. The lowest BCUT2D eigenvalue weighted by atomic mass is 9.94. The van der Waals surface area contributed by atoms with Gasteiger partial charge in [-0.15, -0.1) is 0 Å². The van der Waals surface area contributed by atoms with Crippen LogP contribution in [0, 0.1) is 22.7 Å². The number of likely N-dealkylation sites (tertiary alicyclic amines) is 1. The molecule has 1 heterocycles. The van der Waals surface area contributed by atoms with Crippen molar-refractivity contribution in [3.8, 4) is 12.1 Å². The van der Waals surface area contributed by atoms with E-state index in [2.05, 4.69) is 12.1 Å². The van der Waals surface area contributed by atoms with E-state index >= 15 is 0 Å². The van der Waals surface area contributed by atoms with Crippen molar-refractivity contribution < 1.29 is 14.3 Å². The zero-order valence-corrected chi connectivity index (χ0v) is 16.5. The molecule has 0 bridgehead atoms. The molecule has 0 spiro atoms. The van der Waals surface area contributed by atoms with Crippen molar-refractivity contribution in [3.05, 3.63) is 81.9 Å². The number of carbonyl (C=O) groups is 2. The average Bonchev–Trinajstić information content (AvgIpc) is 2.76. The summed E-state index contributed by atoms with van der Waals surface area (Å²) in [5.74, 6) is -0.180. The molecule has 1 saturated heterocycles. The molecule has 0 aromatic heterocycles. The molecule has 1 amide bonds. The van der Waals surface area contributed by atoms with Crippen LogP contribution in [0.3, 0.4) is 0 Å². The SMILES string of the molecule is CCOC(=O)N1C/C(=C/c2cccc(C#N)c2)C(=O)/C(=C/c2cccc(C#N)c2)C1. The lowest BCUT2D eigenvalue weighted by Crippen LogP contribution is -2.41. The molecule has 3 rings (SSSR count). The van der Waals surface area contributed by atoms with Gasteiger partial charge in [-0.2, -0.15) is 10.5 Å². The Morgan fingerprint density at radius 1 is 1.00 bits per heavy atom. The highest BCUT2D eigenvalue weighted by molar-refractivity contribution is 6.15. The standard InChI is InChI=1S/C24H19N3O3/c1-2-30-24(29)27-15-21(11-17-5-3-7-19(9-17)13-25)23(28)22(16-27)12-18-6-4-8-20(10-18)14-26/h3-12H,2,15-16H2,1H3/b21-11-,22-12+. The molecule has 6 nitrogen and oxygen atoms in total. The van der Waals surface area contributed by atoms with Gasteiger partial charge >= 0.3 is 6.09 Å². The molecule has 2 aromatic rings. The van der Waals surface area contributed by atoms with E-state index in [0.29, 0.717) is 33.4 Å². The number of nitrogens with zero attached hydrogens (tertiary/aromatic N) is 3. The monoisotopic (exact) mass is 397 g/mol. The quantitative estimate of drug-likeness (QED) is 0.731. The maximum Gasteiger partial charge on any atom is 0.410 e. The van der Waals surface area contributed by atoms with Gasteiger partial charge in [0.15, 0.2) is 5.78 Å². The largest absolute Gasteiger partial charge is 0.450 e. The molecule has 30 heavy (non-hydrogen) atoms. The van der Waals surface area contributed by atoms with Gasteiger partial charge in [0, 0.05) is 11.1 Å². The summed E-state index contributed by atoms with van der Waals surface area (Å²) < 4.78 is 5.12. The molecular formula is C24H19N3O3. The van der Waals surface area contributed by atoms with Gasteiger partial charge in [0.2, 0.25) is 0 Å². The summed E-state index contributed by atoms with van der Waals surface area (Å²) in [5.41, 5.74) is 3.22. The summed E-state index contributed by atoms with van der Waals surface area (Å²) in [6, 6.07) is 18.0. The third kappa shape index (κ3) is 4.81. The van der Waals surface area contributed by atoms with Crippen molar-refractivity contribution >= 4 is 24.0 Å². The molecule has 0 saturated carbocycles. The number of hydrogen-bond donors (Lipinski definition) is 0. The van der Waals surface area contributed by atoms with E-state index in [1.165, 1.54) is 4.90 Å². The van der Waals surface area contributed by atoms with E-state index in [1.807, 2.05) is 0 Å². The van der Waals surface area contributed by atoms with Crippen LogP contribution in [0.1, 0.15) is 29.2 Å². The van der Waals surface area contributed by atoms with Gasteiger partial charge in [0.25, 0.3) is 0 Å². The summed E-state index contributed by atoms with van der Waals surface area (Å²) >= 11 is 0. The molecule has 0 unspecified atom stereocenters. The van der Waals surface area contributed by atoms with Crippen molar-refractivity contribution in [2.45, 2.75) is 6.92 Å². The van der Waals surface area contributed by atoms with E-state index in [0.717, 1.165) is 0 Å². The van der Waals surface area contributed by atoms with Crippen LogP contribution in [-0.2, 0) is 9.53 Å². The topological polar surface area (TPSA) is 94.2 Å². The van der Waals surface area contributed by atoms with Crippen molar-refractivity contribution in [2.24, 2.45) is 0 Å². The smallest absolute Gasteiger partial charge is 0.410 e. The summed E-state index contributed by atoms with van der Waals surface area (Å²) in [4.78, 5) is 26.9. The number of amides is 1. The van der Waals surface area contributed by atoms with Crippen LogP contribution in [-0.4, -0.2) is 36.5 Å². The highest BCUT2D eigenvalue weighted by atomic mass is 16.6. The van der Waals surface area contributed by atoms with Crippen LogP contribution < -0.4 is 0 Å². The van der Waals surface area contributed by atoms with E-state index in [-0.39, 0.29) is 25.5 Å². The summed E-state index contributed by atoms with van der Waals surface area (Å²) in [5, 5.41) is 18.2. The fourth-order valence-electron chi connectivity index (χ4n) is 3.18. The predicted molar refractivity (Wildman–Crippen MR) is 112 cm³/mol. The Labute approximate surface area is 174 Å². The van der Waals surface area contributed by atoms with Gasteiger partial charge in [-0.3, -0.25) is 9.69 Å². The van der Waals surface area contributed by atoms with E-state index < -0.39 is 6.09 Å². The minimum absolute atomic E-state index is 0.115. The third-order valence-electron chi connectivity index (χ3n) is 4.54. The van der Waals surface area contributed by atoms with Gasteiger partial charge in [-0.05, 0) is 54.5 Å². The number of hydrogen-bond acceptors (Lipinski definition) is 5. The van der Waals surface area contributed by atoms with Crippen LogP contribution in [0.25, 0.3) is 12.2 Å². The molecule has 0 aliphatic carbocycles. The first-order valence-electron chi connectivity index (χ1n) is 9.42. The van der Waals surface area contributed by atoms with Crippen LogP contribution in [0.15, 0.2) is 59.7 Å². The number of rotatable bonds is 3. The van der Waals surface area contributed by atoms with Crippen LogP contribution >= 0.6 is 0 Å². The van der Waals surface area contributed by atoms with Crippen molar-refractivity contribution in [2.75, 3.05) is 19.7 Å². The molecule has 0 N–H and O–H groups in total. The van der Waals surface area contributed by atoms with Crippen molar-refractivity contribution in [1.29, 1.82) is 10.5 Å². The molecule has 0 atom stereocenters. The molecule has 1 fully saturated rings. The number of benzene rings is 2. The summed E-state index contributed by atoms with van der Waals surface area (Å²) in [6.45, 7) is 2.19. The first-order chi connectivity index (χ1) is 14.5. The van der Waals surface area contributed by atoms with E-state index in [1.54, 1.807) is 67.6 Å². The lowest BCUT2D eigenvalue weighted by molar-refractivity contribution is -0.113. The second-order valence-electron chi connectivity index (χ2n) is 6.70. The number of ketones is 1. The van der Waals surface area contributed by atoms with Gasteiger partial charge in [-0.25, -0.2) is 4.79 Å². The minimum atomic E-state index is -0.502. The fraction of sp³-hybridized carbons (Fsp3) is 0.167. The maximum atomic E-state index is 13.1. The zero-order chi connectivity index (χ0) is 21.5. The van der Waals surface area contributed by atoms with Crippen molar-refractivity contribution in [1.82, 2.24) is 4.90 Å². The zero-order valence-electron chi connectivity index (χ0n) is 16.5. The summed E-state index contributed by atoms with van der Waals surface area (Å²) in [6.07, 6.45) is 2.88. The number of carbonyl (C=O) groups excluding carboxylic acids is 2. The van der Waals surface area contributed by atoms with Crippen LogP contribution in [0.2, 0.25) is 0 Å². The Hall–Kier alpha value is -4.16. The first-order valence-corrected chi connectivity index (χ1v) is 9.42. The van der Waals surface area contributed by atoms with E-state index in [4.69, 9.17) is 15.3 Å². The van der Waals surface area contributed by atoms with Gasteiger partial charge in [0.05, 0.1) is 43.0 Å². The van der Waals surface area contributed by atoms with Gasteiger partial charge < -0.3 is 4.74 Å². The number of Topliss-reactive ketones (excluding diaryl/α,β-unsaturated/α-hetero) is 1. The minimum Gasteiger partial charge on any atom is -0.450 e. The highest BCUT2D eigenvalue weighted by Gasteiger charge is 2.29. The lowest BCUT2D eigenvalue weighted by Gasteiger charge is -2.29. The number of piperidine rings is 1. The highest BCUT2D eigenvalue weighted by Crippen LogP contribution is 2.23. The molecule has 0 radical (unpaired) electrons. The second kappa shape index (κ2) is 9.36. The van der Waals surface area contributed by atoms with Gasteiger partial charge in [-0.1, -0.05) is 24.3 Å².